The number of fused-ring (bicyclic) bond motifs is 1. The topological polar surface area (TPSA) is 84.7 Å². The Morgan fingerprint density at radius 3 is 2.84 bits per heavy atom. The number of aromatic nitrogens is 4. The number of carbonyl (C=O) groups excluding carboxylic acids is 1. The predicted octanol–water partition coefficient (Wildman–Crippen LogP) is 2.31. The van der Waals surface area contributed by atoms with Gasteiger partial charge in [-0.05, 0) is 47.5 Å². The molecule has 2 aromatic heterocycles. The van der Waals surface area contributed by atoms with E-state index in [1.807, 2.05) is 33.8 Å². The second-order valence-electron chi connectivity index (χ2n) is 7.64. The summed E-state index contributed by atoms with van der Waals surface area (Å²) in [6, 6.07) is 2.39. The van der Waals surface area contributed by atoms with Gasteiger partial charge in [-0.25, -0.2) is 9.78 Å². The summed E-state index contributed by atoms with van der Waals surface area (Å²) < 4.78 is 7.12. The average molecular weight is 346 g/mol. The molecule has 0 radical (unpaired) electrons. The van der Waals surface area contributed by atoms with Crippen molar-refractivity contribution in [2.75, 3.05) is 11.4 Å². The van der Waals surface area contributed by atoms with E-state index in [4.69, 9.17) is 4.74 Å². The minimum atomic E-state index is -0.482. The number of alkyl carbamates (subject to hydrolysis) is 1. The van der Waals surface area contributed by atoms with Gasteiger partial charge in [-0.1, -0.05) is 0 Å². The Labute approximate surface area is 147 Å². The number of ether oxygens (including phenoxy) is 1. The summed E-state index contributed by atoms with van der Waals surface area (Å²) >= 11 is 0. The Bertz CT molecular complexity index is 766. The average Bonchev–Trinajstić information content (AvgIpc) is 2.92. The maximum Gasteiger partial charge on any atom is 0.407 e. The van der Waals surface area contributed by atoms with E-state index in [0.717, 1.165) is 30.9 Å². The molecule has 1 aliphatic rings. The van der Waals surface area contributed by atoms with Gasteiger partial charge in [0.05, 0.1) is 0 Å². The monoisotopic (exact) mass is 346 g/mol. The van der Waals surface area contributed by atoms with Crippen molar-refractivity contribution >= 4 is 17.7 Å². The fourth-order valence-corrected chi connectivity index (χ4v) is 3.23. The number of anilines is 1. The van der Waals surface area contributed by atoms with Crippen LogP contribution in [0.5, 0.6) is 0 Å². The van der Waals surface area contributed by atoms with Crippen LogP contribution in [0, 0.1) is 6.92 Å². The number of hydrogen-bond donors (Lipinski definition) is 1. The number of rotatable bonds is 2. The van der Waals surface area contributed by atoms with E-state index in [2.05, 4.69) is 32.2 Å². The van der Waals surface area contributed by atoms with Gasteiger partial charge < -0.3 is 15.0 Å². The van der Waals surface area contributed by atoms with Crippen LogP contribution in [0.2, 0.25) is 0 Å². The quantitative estimate of drug-likeness (QED) is 0.898. The normalized spacial score (nSPS) is 21.4. The lowest BCUT2D eigenvalue weighted by molar-refractivity contribution is 0.0494. The van der Waals surface area contributed by atoms with Crippen molar-refractivity contribution in [3.05, 3.63) is 18.1 Å². The molecule has 0 saturated carbocycles. The molecule has 0 aliphatic carbocycles. The molecule has 1 aliphatic heterocycles. The first-order valence-corrected chi connectivity index (χ1v) is 8.66. The molecule has 1 N–H and O–H groups in total. The first-order valence-electron chi connectivity index (χ1n) is 8.66. The summed E-state index contributed by atoms with van der Waals surface area (Å²) in [4.78, 5) is 22.9. The largest absolute Gasteiger partial charge is 0.444 e. The third-order valence-corrected chi connectivity index (χ3v) is 4.25. The standard InChI is InChI=1S/C17H26N6O2/c1-11-8-14(23-15(20-11)18-10-19-23)22-7-6-13(9-12(22)2)21-16(24)25-17(3,4)5/h8,10,12-13H,6-7,9H2,1-5H3,(H,21,24). The number of piperidine rings is 1. The molecule has 1 amide bonds. The lowest BCUT2D eigenvalue weighted by atomic mass is 9.98. The van der Waals surface area contributed by atoms with Crippen LogP contribution in [-0.2, 0) is 4.74 Å². The van der Waals surface area contributed by atoms with Crippen LogP contribution in [0.3, 0.4) is 0 Å². The van der Waals surface area contributed by atoms with E-state index in [1.165, 1.54) is 6.33 Å². The molecule has 2 atom stereocenters. The maximum absolute atomic E-state index is 12.0. The highest BCUT2D eigenvalue weighted by Gasteiger charge is 2.29. The Morgan fingerprint density at radius 1 is 1.40 bits per heavy atom. The lowest BCUT2D eigenvalue weighted by Crippen LogP contribution is -2.50. The van der Waals surface area contributed by atoms with Crippen molar-refractivity contribution in [3.63, 3.8) is 0 Å². The molecule has 1 saturated heterocycles. The second kappa shape index (κ2) is 6.50. The van der Waals surface area contributed by atoms with Gasteiger partial charge in [-0.3, -0.25) is 0 Å². The zero-order chi connectivity index (χ0) is 18.2. The van der Waals surface area contributed by atoms with Gasteiger partial charge in [0.2, 0.25) is 0 Å². The Hall–Kier alpha value is -2.38. The van der Waals surface area contributed by atoms with E-state index in [1.54, 1.807) is 4.52 Å². The zero-order valence-corrected chi connectivity index (χ0v) is 15.5. The first kappa shape index (κ1) is 17.4. The van der Waals surface area contributed by atoms with Crippen molar-refractivity contribution < 1.29 is 9.53 Å². The van der Waals surface area contributed by atoms with Gasteiger partial charge in [0.1, 0.15) is 17.7 Å². The van der Waals surface area contributed by atoms with Crippen molar-refractivity contribution in [2.45, 2.75) is 65.1 Å². The number of amides is 1. The van der Waals surface area contributed by atoms with E-state index >= 15 is 0 Å². The minimum Gasteiger partial charge on any atom is -0.444 e. The molecular weight excluding hydrogens is 320 g/mol. The number of aryl methyl sites for hydroxylation is 1. The Balaban J connectivity index is 1.69. The van der Waals surface area contributed by atoms with Crippen LogP contribution < -0.4 is 10.2 Å². The van der Waals surface area contributed by atoms with Gasteiger partial charge in [0.25, 0.3) is 5.78 Å². The molecule has 136 valence electrons. The summed E-state index contributed by atoms with van der Waals surface area (Å²) in [6.45, 7) is 10.5. The predicted molar refractivity (Wildman–Crippen MR) is 94.7 cm³/mol. The van der Waals surface area contributed by atoms with E-state index < -0.39 is 5.60 Å². The number of nitrogens with zero attached hydrogens (tertiary/aromatic N) is 5. The molecule has 0 aromatic carbocycles. The highest BCUT2D eigenvalue weighted by Crippen LogP contribution is 2.25. The summed E-state index contributed by atoms with van der Waals surface area (Å²) in [5.74, 6) is 1.60. The van der Waals surface area contributed by atoms with Crippen LogP contribution in [-0.4, -0.2) is 49.9 Å². The smallest absolute Gasteiger partial charge is 0.407 e. The molecule has 2 unspecified atom stereocenters. The SMILES string of the molecule is Cc1cc(N2CCC(NC(=O)OC(C)(C)C)CC2C)n2ncnc2n1. The zero-order valence-electron chi connectivity index (χ0n) is 15.5. The molecule has 25 heavy (non-hydrogen) atoms. The third-order valence-electron chi connectivity index (χ3n) is 4.25. The number of nitrogens with one attached hydrogen (secondary N) is 1. The Kier molecular flexibility index (Phi) is 4.53. The van der Waals surface area contributed by atoms with Gasteiger partial charge in [0, 0.05) is 30.4 Å². The summed E-state index contributed by atoms with van der Waals surface area (Å²) in [5, 5.41) is 7.28. The summed E-state index contributed by atoms with van der Waals surface area (Å²) in [7, 11) is 0. The molecule has 1 fully saturated rings. The summed E-state index contributed by atoms with van der Waals surface area (Å²) in [6.07, 6.45) is 2.86. The number of carbonyl (C=O) groups is 1. The number of hydrogen-bond acceptors (Lipinski definition) is 6. The molecule has 0 spiro atoms. The summed E-state index contributed by atoms with van der Waals surface area (Å²) in [5.41, 5.74) is 0.431. The first-order chi connectivity index (χ1) is 11.7. The van der Waals surface area contributed by atoms with Crippen molar-refractivity contribution in [3.8, 4) is 0 Å². The van der Waals surface area contributed by atoms with E-state index in [9.17, 15) is 4.79 Å². The van der Waals surface area contributed by atoms with Gasteiger partial charge in [0.15, 0.2) is 0 Å². The van der Waals surface area contributed by atoms with Crippen LogP contribution in [0.1, 0.15) is 46.2 Å². The van der Waals surface area contributed by atoms with Gasteiger partial charge >= 0.3 is 6.09 Å². The van der Waals surface area contributed by atoms with Crippen LogP contribution >= 0.6 is 0 Å². The van der Waals surface area contributed by atoms with Crippen molar-refractivity contribution in [2.24, 2.45) is 0 Å². The van der Waals surface area contributed by atoms with E-state index in [-0.39, 0.29) is 18.2 Å². The second-order valence-corrected chi connectivity index (χ2v) is 7.64. The molecule has 2 aromatic rings. The third kappa shape index (κ3) is 4.00. The fourth-order valence-electron chi connectivity index (χ4n) is 3.23. The molecule has 8 nitrogen and oxygen atoms in total. The fraction of sp³-hybridized carbons (Fsp3) is 0.647. The van der Waals surface area contributed by atoms with E-state index in [0.29, 0.717) is 5.78 Å². The molecule has 8 heteroatoms. The van der Waals surface area contributed by atoms with Gasteiger partial charge in [-0.15, -0.1) is 0 Å². The highest BCUT2D eigenvalue weighted by molar-refractivity contribution is 5.68. The Morgan fingerprint density at radius 2 is 2.16 bits per heavy atom. The molecular formula is C17H26N6O2. The van der Waals surface area contributed by atoms with Crippen LogP contribution in [0.25, 0.3) is 5.78 Å². The van der Waals surface area contributed by atoms with Crippen molar-refractivity contribution in [1.82, 2.24) is 24.9 Å². The molecule has 0 bridgehead atoms. The maximum atomic E-state index is 12.0. The highest BCUT2D eigenvalue weighted by atomic mass is 16.6. The van der Waals surface area contributed by atoms with Crippen molar-refractivity contribution in [1.29, 1.82) is 0 Å². The van der Waals surface area contributed by atoms with Gasteiger partial charge in [-0.2, -0.15) is 14.6 Å². The molecule has 3 heterocycles. The van der Waals surface area contributed by atoms with Crippen LogP contribution in [0.4, 0.5) is 10.6 Å². The molecule has 3 rings (SSSR count). The minimum absolute atomic E-state index is 0.107. The van der Waals surface area contributed by atoms with Crippen LogP contribution in [0.15, 0.2) is 12.4 Å². The lowest BCUT2D eigenvalue weighted by Gasteiger charge is -2.39.